The monoisotopic (exact) mass is 280 g/mol. The van der Waals surface area contributed by atoms with Crippen molar-refractivity contribution < 1.29 is 9.53 Å². The van der Waals surface area contributed by atoms with Crippen LogP contribution in [0.5, 0.6) is 5.75 Å². The molecule has 0 unspecified atom stereocenters. The summed E-state index contributed by atoms with van der Waals surface area (Å²) in [6.07, 6.45) is 5.69. The van der Waals surface area contributed by atoms with E-state index in [0.29, 0.717) is 23.5 Å². The number of carbonyl (C=O) groups excluding carboxylic acids is 1. The topological polar surface area (TPSA) is 64.3 Å². The van der Waals surface area contributed by atoms with Gasteiger partial charge in [0.15, 0.2) is 0 Å². The summed E-state index contributed by atoms with van der Waals surface area (Å²) in [4.78, 5) is 12.2. The third-order valence-electron chi connectivity index (χ3n) is 3.77. The molecule has 1 aromatic rings. The molecule has 1 amide bonds. The Bertz CT molecular complexity index is 467. The molecule has 1 aliphatic carbocycles. The highest BCUT2D eigenvalue weighted by atomic mass is 32.2. The molecule has 0 atom stereocenters. The number of thioether (sulfide) groups is 1. The van der Waals surface area contributed by atoms with Gasteiger partial charge in [0.05, 0.1) is 12.7 Å². The van der Waals surface area contributed by atoms with Gasteiger partial charge in [-0.1, -0.05) is 6.42 Å². The lowest BCUT2D eigenvalue weighted by Crippen LogP contribution is -2.45. The minimum Gasteiger partial charge on any atom is -0.497 e. The molecule has 19 heavy (non-hydrogen) atoms. The standard InChI is InChI=1S/C14H20N2O2S/c1-18-10-4-5-12(15)11(8-10)13(17)16-9-14(19-2)6-3-7-14/h4-5,8H,3,6-7,9,15H2,1-2H3,(H,16,17). The van der Waals surface area contributed by atoms with Gasteiger partial charge in [-0.3, -0.25) is 4.79 Å². The fourth-order valence-electron chi connectivity index (χ4n) is 2.22. The van der Waals surface area contributed by atoms with Crippen molar-refractivity contribution in [1.82, 2.24) is 5.32 Å². The van der Waals surface area contributed by atoms with E-state index in [1.54, 1.807) is 25.3 Å². The Hall–Kier alpha value is -1.36. The molecular formula is C14H20N2O2S. The Labute approximate surface area is 118 Å². The first kappa shape index (κ1) is 14.1. The number of amides is 1. The SMILES string of the molecule is COc1ccc(N)c(C(=O)NCC2(SC)CCC2)c1. The number of hydrogen-bond acceptors (Lipinski definition) is 4. The van der Waals surface area contributed by atoms with Crippen molar-refractivity contribution in [3.05, 3.63) is 23.8 Å². The first-order chi connectivity index (χ1) is 9.10. The van der Waals surface area contributed by atoms with Crippen molar-refractivity contribution in [3.63, 3.8) is 0 Å². The summed E-state index contributed by atoms with van der Waals surface area (Å²) in [5.41, 5.74) is 6.80. The second-order valence-corrected chi connectivity index (χ2v) is 6.15. The highest BCUT2D eigenvalue weighted by molar-refractivity contribution is 8.00. The highest BCUT2D eigenvalue weighted by Crippen LogP contribution is 2.42. The van der Waals surface area contributed by atoms with Gasteiger partial charge in [-0.05, 0) is 37.3 Å². The van der Waals surface area contributed by atoms with E-state index in [1.807, 2.05) is 11.8 Å². The number of nitrogens with two attached hydrogens (primary N) is 1. The number of carbonyl (C=O) groups is 1. The number of benzene rings is 1. The minimum absolute atomic E-state index is 0.128. The Morgan fingerprint density at radius 3 is 2.79 bits per heavy atom. The lowest BCUT2D eigenvalue weighted by Gasteiger charge is -2.40. The van der Waals surface area contributed by atoms with Gasteiger partial charge in [-0.15, -0.1) is 0 Å². The molecule has 1 aliphatic rings. The van der Waals surface area contributed by atoms with Crippen LogP contribution in [0.1, 0.15) is 29.6 Å². The summed E-state index contributed by atoms with van der Waals surface area (Å²) in [5, 5.41) is 2.99. The molecule has 2 rings (SSSR count). The zero-order chi connectivity index (χ0) is 13.9. The van der Waals surface area contributed by atoms with Crippen LogP contribution >= 0.6 is 11.8 Å². The normalized spacial score (nSPS) is 16.5. The van der Waals surface area contributed by atoms with Crippen molar-refractivity contribution >= 4 is 23.4 Å². The van der Waals surface area contributed by atoms with Crippen LogP contribution in [0.3, 0.4) is 0 Å². The maximum atomic E-state index is 12.2. The van der Waals surface area contributed by atoms with Gasteiger partial charge in [0, 0.05) is 17.0 Å². The van der Waals surface area contributed by atoms with Gasteiger partial charge in [0.1, 0.15) is 5.75 Å². The Morgan fingerprint density at radius 2 is 2.26 bits per heavy atom. The van der Waals surface area contributed by atoms with E-state index < -0.39 is 0 Å². The molecule has 1 aromatic carbocycles. The molecule has 0 aromatic heterocycles. The fourth-order valence-corrected chi connectivity index (χ4v) is 3.13. The Balaban J connectivity index is 2.03. The maximum Gasteiger partial charge on any atom is 0.253 e. The number of hydrogen-bond donors (Lipinski definition) is 2. The van der Waals surface area contributed by atoms with Crippen molar-refractivity contribution in [3.8, 4) is 5.75 Å². The molecule has 0 spiro atoms. The molecule has 104 valence electrons. The number of rotatable bonds is 5. The molecule has 0 radical (unpaired) electrons. The summed E-state index contributed by atoms with van der Waals surface area (Å²) in [6, 6.07) is 5.13. The van der Waals surface area contributed by atoms with Crippen LogP contribution in [0.2, 0.25) is 0 Å². The van der Waals surface area contributed by atoms with Crippen LogP contribution in [-0.4, -0.2) is 30.6 Å². The third kappa shape index (κ3) is 2.97. The smallest absolute Gasteiger partial charge is 0.253 e. The van der Waals surface area contributed by atoms with Gasteiger partial charge >= 0.3 is 0 Å². The zero-order valence-electron chi connectivity index (χ0n) is 11.4. The zero-order valence-corrected chi connectivity index (χ0v) is 12.2. The van der Waals surface area contributed by atoms with Crippen LogP contribution in [-0.2, 0) is 0 Å². The van der Waals surface area contributed by atoms with E-state index in [2.05, 4.69) is 11.6 Å². The van der Waals surface area contributed by atoms with Gasteiger partial charge in [-0.2, -0.15) is 11.8 Å². The number of methoxy groups -OCH3 is 1. The first-order valence-corrected chi connectivity index (χ1v) is 7.59. The number of ether oxygens (including phenoxy) is 1. The van der Waals surface area contributed by atoms with Crippen molar-refractivity contribution in [2.45, 2.75) is 24.0 Å². The molecule has 4 nitrogen and oxygen atoms in total. The largest absolute Gasteiger partial charge is 0.497 e. The fraction of sp³-hybridized carbons (Fsp3) is 0.500. The summed E-state index contributed by atoms with van der Waals surface area (Å²) in [6.45, 7) is 0.698. The molecule has 1 saturated carbocycles. The summed E-state index contributed by atoms with van der Waals surface area (Å²) >= 11 is 1.84. The number of nitrogens with one attached hydrogen (secondary N) is 1. The van der Waals surface area contributed by atoms with E-state index in [4.69, 9.17) is 10.5 Å². The van der Waals surface area contributed by atoms with Crippen molar-refractivity contribution in [2.75, 3.05) is 25.6 Å². The Kier molecular flexibility index (Phi) is 4.24. The van der Waals surface area contributed by atoms with E-state index in [-0.39, 0.29) is 10.7 Å². The Morgan fingerprint density at radius 1 is 1.53 bits per heavy atom. The molecule has 3 N–H and O–H groups in total. The van der Waals surface area contributed by atoms with Crippen LogP contribution in [0.4, 0.5) is 5.69 Å². The maximum absolute atomic E-state index is 12.2. The van der Waals surface area contributed by atoms with Crippen LogP contribution in [0.25, 0.3) is 0 Å². The van der Waals surface area contributed by atoms with Gasteiger partial charge in [-0.25, -0.2) is 0 Å². The highest BCUT2D eigenvalue weighted by Gasteiger charge is 2.36. The number of nitrogen functional groups attached to an aromatic ring is 1. The second kappa shape index (κ2) is 5.74. The van der Waals surface area contributed by atoms with Crippen LogP contribution < -0.4 is 15.8 Å². The molecule has 0 bridgehead atoms. The predicted octanol–water partition coefficient (Wildman–Crippen LogP) is 2.29. The average Bonchev–Trinajstić information content (AvgIpc) is 2.38. The molecule has 5 heteroatoms. The summed E-state index contributed by atoms with van der Waals surface area (Å²) in [5.74, 6) is 0.513. The van der Waals surface area contributed by atoms with Gasteiger partial charge in [0.25, 0.3) is 5.91 Å². The van der Waals surface area contributed by atoms with Gasteiger partial charge < -0.3 is 15.8 Å². The van der Waals surface area contributed by atoms with Crippen LogP contribution in [0, 0.1) is 0 Å². The third-order valence-corrected chi connectivity index (χ3v) is 5.19. The van der Waals surface area contributed by atoms with Crippen molar-refractivity contribution in [2.24, 2.45) is 0 Å². The molecule has 0 heterocycles. The van der Waals surface area contributed by atoms with E-state index in [0.717, 1.165) is 0 Å². The van der Waals surface area contributed by atoms with Crippen LogP contribution in [0.15, 0.2) is 18.2 Å². The first-order valence-electron chi connectivity index (χ1n) is 6.37. The second-order valence-electron chi connectivity index (χ2n) is 4.88. The lowest BCUT2D eigenvalue weighted by molar-refractivity contribution is 0.0944. The van der Waals surface area contributed by atoms with E-state index in [1.165, 1.54) is 19.3 Å². The molecule has 0 aliphatic heterocycles. The minimum atomic E-state index is -0.128. The summed E-state index contributed by atoms with van der Waals surface area (Å²) < 4.78 is 5.34. The van der Waals surface area contributed by atoms with E-state index >= 15 is 0 Å². The van der Waals surface area contributed by atoms with Gasteiger partial charge in [0.2, 0.25) is 0 Å². The predicted molar refractivity (Wildman–Crippen MR) is 79.8 cm³/mol. The number of anilines is 1. The quantitative estimate of drug-likeness (QED) is 0.812. The van der Waals surface area contributed by atoms with Crippen molar-refractivity contribution in [1.29, 1.82) is 0 Å². The molecular weight excluding hydrogens is 260 g/mol. The summed E-state index contributed by atoms with van der Waals surface area (Å²) in [7, 11) is 1.57. The molecule has 0 saturated heterocycles. The lowest BCUT2D eigenvalue weighted by atomic mass is 9.84. The van der Waals surface area contributed by atoms with E-state index in [9.17, 15) is 4.79 Å². The average molecular weight is 280 g/mol. The molecule has 1 fully saturated rings.